The Morgan fingerprint density at radius 2 is 1.72 bits per heavy atom. The zero-order valence-electron chi connectivity index (χ0n) is 13.1. The Bertz CT molecular complexity index is 902. The summed E-state index contributed by atoms with van der Waals surface area (Å²) in [5, 5.41) is 2.80. The molecule has 1 aromatic heterocycles. The molecule has 0 aliphatic carbocycles. The summed E-state index contributed by atoms with van der Waals surface area (Å²) < 4.78 is 40.6. The van der Waals surface area contributed by atoms with Gasteiger partial charge in [0.15, 0.2) is 0 Å². The number of halogens is 3. The molecule has 3 nitrogen and oxygen atoms in total. The van der Waals surface area contributed by atoms with E-state index < -0.39 is 17.5 Å². The fraction of sp³-hybridized carbons (Fsp3) is 0.111. The fourth-order valence-corrected chi connectivity index (χ4v) is 3.31. The highest BCUT2D eigenvalue weighted by Gasteiger charge is 2.20. The molecule has 0 aliphatic rings. The number of amides is 1. The third kappa shape index (κ3) is 3.71. The van der Waals surface area contributed by atoms with Gasteiger partial charge in [0.2, 0.25) is 0 Å². The SMILES string of the molecule is Cc1nc(-c2c(F)cccc2F)sc1C(=O)NCc1ccc(F)cc1. The molecule has 1 heterocycles. The average molecular weight is 362 g/mol. The molecule has 1 amide bonds. The number of nitrogens with one attached hydrogen (secondary N) is 1. The van der Waals surface area contributed by atoms with Gasteiger partial charge in [-0.05, 0) is 36.8 Å². The van der Waals surface area contributed by atoms with Crippen molar-refractivity contribution in [3.05, 3.63) is 76.1 Å². The van der Waals surface area contributed by atoms with Crippen LogP contribution in [-0.2, 0) is 6.54 Å². The van der Waals surface area contributed by atoms with Crippen molar-refractivity contribution in [2.45, 2.75) is 13.5 Å². The van der Waals surface area contributed by atoms with Crippen LogP contribution in [0.25, 0.3) is 10.6 Å². The Kier molecular flexibility index (Phi) is 4.85. The molecule has 0 fully saturated rings. The first-order valence-electron chi connectivity index (χ1n) is 7.40. The zero-order valence-corrected chi connectivity index (χ0v) is 14.0. The molecule has 0 bridgehead atoms. The first kappa shape index (κ1) is 17.2. The summed E-state index contributed by atoms with van der Waals surface area (Å²) in [6.45, 7) is 1.81. The van der Waals surface area contributed by atoms with E-state index >= 15 is 0 Å². The van der Waals surface area contributed by atoms with Gasteiger partial charge in [-0.3, -0.25) is 4.79 Å². The second kappa shape index (κ2) is 7.06. The third-order valence-corrected chi connectivity index (χ3v) is 4.72. The predicted molar refractivity (Wildman–Crippen MR) is 89.8 cm³/mol. The van der Waals surface area contributed by atoms with E-state index in [-0.39, 0.29) is 27.8 Å². The van der Waals surface area contributed by atoms with Crippen LogP contribution in [0.15, 0.2) is 42.5 Å². The van der Waals surface area contributed by atoms with E-state index in [9.17, 15) is 18.0 Å². The Labute approximate surface area is 146 Å². The summed E-state index contributed by atoms with van der Waals surface area (Å²) >= 11 is 0.923. The maximum Gasteiger partial charge on any atom is 0.263 e. The number of carbonyl (C=O) groups is 1. The first-order valence-corrected chi connectivity index (χ1v) is 8.22. The quantitative estimate of drug-likeness (QED) is 0.744. The van der Waals surface area contributed by atoms with Gasteiger partial charge in [-0.25, -0.2) is 18.2 Å². The number of aryl methyl sites for hydroxylation is 1. The summed E-state index contributed by atoms with van der Waals surface area (Å²) in [7, 11) is 0. The lowest BCUT2D eigenvalue weighted by Gasteiger charge is -2.04. The highest BCUT2D eigenvalue weighted by molar-refractivity contribution is 7.17. The maximum atomic E-state index is 13.9. The van der Waals surface area contributed by atoms with E-state index in [2.05, 4.69) is 10.3 Å². The number of benzene rings is 2. The third-order valence-electron chi connectivity index (χ3n) is 3.55. The van der Waals surface area contributed by atoms with Crippen molar-refractivity contribution in [3.8, 4) is 10.6 Å². The second-order valence-corrected chi connectivity index (χ2v) is 6.34. The molecule has 0 unspecified atom stereocenters. The summed E-state index contributed by atoms with van der Waals surface area (Å²) in [5.41, 5.74) is 0.879. The number of rotatable bonds is 4. The first-order chi connectivity index (χ1) is 12.0. The molecule has 25 heavy (non-hydrogen) atoms. The number of thiazole rings is 1. The molecule has 0 spiro atoms. The average Bonchev–Trinajstić information content (AvgIpc) is 2.95. The van der Waals surface area contributed by atoms with Crippen LogP contribution in [-0.4, -0.2) is 10.9 Å². The van der Waals surface area contributed by atoms with Crippen LogP contribution in [0.3, 0.4) is 0 Å². The van der Waals surface area contributed by atoms with E-state index in [1.165, 1.54) is 18.2 Å². The van der Waals surface area contributed by atoms with Gasteiger partial charge in [0, 0.05) is 6.54 Å². The van der Waals surface area contributed by atoms with Crippen LogP contribution < -0.4 is 5.32 Å². The topological polar surface area (TPSA) is 42.0 Å². The maximum absolute atomic E-state index is 13.9. The molecule has 3 aromatic rings. The smallest absolute Gasteiger partial charge is 0.263 e. The van der Waals surface area contributed by atoms with Gasteiger partial charge in [-0.2, -0.15) is 0 Å². The molecule has 0 atom stereocenters. The van der Waals surface area contributed by atoms with Crippen LogP contribution in [0.2, 0.25) is 0 Å². The number of aromatic nitrogens is 1. The second-order valence-electron chi connectivity index (χ2n) is 5.34. The molecule has 128 valence electrons. The molecule has 0 aliphatic heterocycles. The normalized spacial score (nSPS) is 10.7. The highest BCUT2D eigenvalue weighted by atomic mass is 32.1. The number of hydrogen-bond acceptors (Lipinski definition) is 3. The molecule has 3 rings (SSSR count). The Morgan fingerprint density at radius 1 is 1.08 bits per heavy atom. The summed E-state index contributed by atoms with van der Waals surface area (Å²) in [6, 6.07) is 9.29. The molecule has 1 N–H and O–H groups in total. The van der Waals surface area contributed by atoms with Crippen molar-refractivity contribution in [3.63, 3.8) is 0 Å². The zero-order chi connectivity index (χ0) is 18.0. The lowest BCUT2D eigenvalue weighted by atomic mass is 10.2. The molecule has 7 heteroatoms. The number of nitrogens with zero attached hydrogens (tertiary/aromatic N) is 1. The van der Waals surface area contributed by atoms with Gasteiger partial charge >= 0.3 is 0 Å². The van der Waals surface area contributed by atoms with Gasteiger partial charge in [-0.1, -0.05) is 18.2 Å². The molecule has 0 saturated carbocycles. The van der Waals surface area contributed by atoms with E-state index in [4.69, 9.17) is 0 Å². The van der Waals surface area contributed by atoms with Crippen LogP contribution >= 0.6 is 11.3 Å². The van der Waals surface area contributed by atoms with Gasteiger partial charge in [0.25, 0.3) is 5.91 Å². The Balaban J connectivity index is 1.80. The van der Waals surface area contributed by atoms with Crippen LogP contribution in [0, 0.1) is 24.4 Å². The molecular weight excluding hydrogens is 349 g/mol. The lowest BCUT2D eigenvalue weighted by molar-refractivity contribution is 0.0954. The lowest BCUT2D eigenvalue weighted by Crippen LogP contribution is -2.22. The minimum atomic E-state index is -0.730. The fourth-order valence-electron chi connectivity index (χ4n) is 2.28. The van der Waals surface area contributed by atoms with E-state index in [0.29, 0.717) is 5.69 Å². The van der Waals surface area contributed by atoms with Crippen molar-refractivity contribution in [2.75, 3.05) is 0 Å². The minimum Gasteiger partial charge on any atom is -0.347 e. The standard InChI is InChI=1S/C18H13F3N2OS/c1-10-16(17(24)22-9-11-5-7-12(19)8-6-11)25-18(23-10)15-13(20)3-2-4-14(15)21/h2-8H,9H2,1H3,(H,22,24). The Morgan fingerprint density at radius 3 is 2.36 bits per heavy atom. The van der Waals surface area contributed by atoms with Crippen molar-refractivity contribution in [1.82, 2.24) is 10.3 Å². The van der Waals surface area contributed by atoms with Crippen molar-refractivity contribution in [2.24, 2.45) is 0 Å². The van der Waals surface area contributed by atoms with Gasteiger partial charge in [0.1, 0.15) is 27.3 Å². The highest BCUT2D eigenvalue weighted by Crippen LogP contribution is 2.31. The minimum absolute atomic E-state index is 0.111. The summed E-state index contributed by atoms with van der Waals surface area (Å²) in [5.74, 6) is -2.22. The van der Waals surface area contributed by atoms with Gasteiger partial charge in [-0.15, -0.1) is 11.3 Å². The van der Waals surface area contributed by atoms with Crippen LogP contribution in [0.4, 0.5) is 13.2 Å². The monoisotopic (exact) mass is 362 g/mol. The molecule has 0 saturated heterocycles. The van der Waals surface area contributed by atoms with E-state index in [1.54, 1.807) is 19.1 Å². The number of hydrogen-bond donors (Lipinski definition) is 1. The van der Waals surface area contributed by atoms with E-state index in [0.717, 1.165) is 29.0 Å². The molecular formula is C18H13F3N2OS. The van der Waals surface area contributed by atoms with Gasteiger partial charge in [0.05, 0.1) is 11.3 Å². The van der Waals surface area contributed by atoms with Crippen molar-refractivity contribution in [1.29, 1.82) is 0 Å². The van der Waals surface area contributed by atoms with Crippen molar-refractivity contribution >= 4 is 17.2 Å². The Hall–Kier alpha value is -2.67. The predicted octanol–water partition coefficient (Wildman–Crippen LogP) is 4.47. The van der Waals surface area contributed by atoms with Crippen LogP contribution in [0.1, 0.15) is 20.9 Å². The van der Waals surface area contributed by atoms with E-state index in [1.807, 2.05) is 0 Å². The molecule has 2 aromatic carbocycles. The van der Waals surface area contributed by atoms with Crippen molar-refractivity contribution < 1.29 is 18.0 Å². The summed E-state index contributed by atoms with van der Waals surface area (Å²) in [6.07, 6.45) is 0. The summed E-state index contributed by atoms with van der Waals surface area (Å²) in [4.78, 5) is 16.7. The number of carbonyl (C=O) groups excluding carboxylic acids is 1. The van der Waals surface area contributed by atoms with Gasteiger partial charge < -0.3 is 5.32 Å². The largest absolute Gasteiger partial charge is 0.347 e. The molecule has 0 radical (unpaired) electrons. The van der Waals surface area contributed by atoms with Crippen LogP contribution in [0.5, 0.6) is 0 Å².